The highest BCUT2D eigenvalue weighted by Crippen LogP contribution is 2.28. The summed E-state index contributed by atoms with van der Waals surface area (Å²) < 4.78 is 0. The molecule has 0 radical (unpaired) electrons. The van der Waals surface area contributed by atoms with Gasteiger partial charge in [-0.3, -0.25) is 0 Å². The minimum atomic E-state index is -0.696. The lowest BCUT2D eigenvalue weighted by Gasteiger charge is -2.40. The van der Waals surface area contributed by atoms with Gasteiger partial charge in [0.25, 0.3) is 0 Å². The Morgan fingerprint density at radius 3 is 2.41 bits per heavy atom. The Kier molecular flexibility index (Phi) is 4.43. The van der Waals surface area contributed by atoms with Gasteiger partial charge in [0.05, 0.1) is 5.60 Å². The molecule has 0 aliphatic heterocycles. The molecule has 100 valence electrons. The molecule has 0 spiro atoms. The molecule has 0 saturated heterocycles. The maximum atomic E-state index is 10.1. The SMILES string of the molecule is CC1=CC(C)CC(CNC(C)(C)C(C)(C)O)C1. The normalized spacial score (nSPS) is 26.9. The van der Waals surface area contributed by atoms with Crippen LogP contribution in [0.3, 0.4) is 0 Å². The van der Waals surface area contributed by atoms with Crippen molar-refractivity contribution in [3.05, 3.63) is 11.6 Å². The van der Waals surface area contributed by atoms with Gasteiger partial charge in [0.2, 0.25) is 0 Å². The lowest BCUT2D eigenvalue weighted by Crippen LogP contribution is -2.56. The van der Waals surface area contributed by atoms with E-state index in [1.54, 1.807) is 0 Å². The van der Waals surface area contributed by atoms with Crippen LogP contribution in [0.25, 0.3) is 0 Å². The van der Waals surface area contributed by atoms with E-state index in [0.717, 1.165) is 6.54 Å². The Hall–Kier alpha value is -0.340. The summed E-state index contributed by atoms with van der Waals surface area (Å²) in [6, 6.07) is 0. The third-order valence-electron chi connectivity index (χ3n) is 4.25. The summed E-state index contributed by atoms with van der Waals surface area (Å²) in [5, 5.41) is 13.6. The van der Waals surface area contributed by atoms with Crippen molar-refractivity contribution in [2.24, 2.45) is 11.8 Å². The molecule has 1 rings (SSSR count). The summed E-state index contributed by atoms with van der Waals surface area (Å²) >= 11 is 0. The number of hydrogen-bond donors (Lipinski definition) is 2. The lowest BCUT2D eigenvalue weighted by molar-refractivity contribution is -0.00645. The van der Waals surface area contributed by atoms with Crippen LogP contribution in [0.5, 0.6) is 0 Å². The molecule has 1 aliphatic carbocycles. The zero-order chi connectivity index (χ0) is 13.3. The third-order valence-corrected chi connectivity index (χ3v) is 4.25. The molecular formula is C15H29NO. The monoisotopic (exact) mass is 239 g/mol. The lowest BCUT2D eigenvalue weighted by atomic mass is 9.81. The summed E-state index contributed by atoms with van der Waals surface area (Å²) in [4.78, 5) is 0. The molecule has 0 bridgehead atoms. The second kappa shape index (κ2) is 5.11. The molecule has 0 saturated carbocycles. The van der Waals surface area contributed by atoms with E-state index in [1.165, 1.54) is 18.4 Å². The van der Waals surface area contributed by atoms with Crippen LogP contribution in [0.1, 0.15) is 54.4 Å². The Balaban J connectivity index is 2.50. The molecule has 0 fully saturated rings. The zero-order valence-electron chi connectivity index (χ0n) is 12.3. The van der Waals surface area contributed by atoms with Gasteiger partial charge in [-0.2, -0.15) is 0 Å². The third kappa shape index (κ3) is 4.11. The van der Waals surface area contributed by atoms with Gasteiger partial charge in [0, 0.05) is 5.54 Å². The molecule has 0 aromatic carbocycles. The summed E-state index contributed by atoms with van der Waals surface area (Å²) in [5.74, 6) is 1.40. The van der Waals surface area contributed by atoms with Crippen molar-refractivity contribution in [1.82, 2.24) is 5.32 Å². The average Bonchev–Trinajstić information content (AvgIpc) is 2.11. The van der Waals surface area contributed by atoms with Crippen LogP contribution in [-0.2, 0) is 0 Å². The molecule has 1 aliphatic rings. The fourth-order valence-electron chi connectivity index (χ4n) is 2.46. The van der Waals surface area contributed by atoms with Crippen LogP contribution < -0.4 is 5.32 Å². The van der Waals surface area contributed by atoms with E-state index >= 15 is 0 Å². The quantitative estimate of drug-likeness (QED) is 0.739. The maximum Gasteiger partial charge on any atom is 0.0767 e. The minimum Gasteiger partial charge on any atom is -0.389 e. The van der Waals surface area contributed by atoms with Gasteiger partial charge in [-0.25, -0.2) is 0 Å². The molecule has 2 atom stereocenters. The van der Waals surface area contributed by atoms with Crippen molar-refractivity contribution >= 4 is 0 Å². The molecule has 0 aromatic heterocycles. The number of aliphatic hydroxyl groups is 1. The fraction of sp³-hybridized carbons (Fsp3) is 0.867. The average molecular weight is 239 g/mol. The van der Waals surface area contributed by atoms with E-state index in [4.69, 9.17) is 0 Å². The Labute approximate surface area is 106 Å². The van der Waals surface area contributed by atoms with Crippen LogP contribution in [-0.4, -0.2) is 22.8 Å². The molecule has 2 heteroatoms. The van der Waals surface area contributed by atoms with Crippen molar-refractivity contribution < 1.29 is 5.11 Å². The molecule has 2 unspecified atom stereocenters. The molecule has 17 heavy (non-hydrogen) atoms. The van der Waals surface area contributed by atoms with E-state index in [1.807, 2.05) is 13.8 Å². The van der Waals surface area contributed by atoms with Gasteiger partial charge in [0.1, 0.15) is 0 Å². The molecular weight excluding hydrogens is 210 g/mol. The first kappa shape index (κ1) is 14.7. The number of allylic oxidation sites excluding steroid dienone is 2. The molecule has 0 aromatic rings. The van der Waals surface area contributed by atoms with Crippen LogP contribution in [0.4, 0.5) is 0 Å². The van der Waals surface area contributed by atoms with Crippen molar-refractivity contribution in [2.75, 3.05) is 6.54 Å². The molecule has 0 heterocycles. The van der Waals surface area contributed by atoms with E-state index in [-0.39, 0.29) is 5.54 Å². The zero-order valence-corrected chi connectivity index (χ0v) is 12.3. The molecule has 0 amide bonds. The standard InChI is InChI=1S/C15H29NO/c1-11-7-12(2)9-13(8-11)10-16-14(3,4)15(5,6)17/h7,11,13,16-17H,8-10H2,1-6H3. The second-order valence-corrected chi connectivity index (χ2v) is 6.86. The Morgan fingerprint density at radius 1 is 1.35 bits per heavy atom. The number of nitrogens with one attached hydrogen (secondary N) is 1. The molecule has 2 N–H and O–H groups in total. The highest BCUT2D eigenvalue weighted by atomic mass is 16.3. The van der Waals surface area contributed by atoms with Crippen LogP contribution >= 0.6 is 0 Å². The number of rotatable bonds is 4. The van der Waals surface area contributed by atoms with E-state index in [0.29, 0.717) is 11.8 Å². The largest absolute Gasteiger partial charge is 0.389 e. The van der Waals surface area contributed by atoms with Gasteiger partial charge >= 0.3 is 0 Å². The summed E-state index contributed by atoms with van der Waals surface area (Å²) in [6.07, 6.45) is 4.84. The van der Waals surface area contributed by atoms with Gasteiger partial charge < -0.3 is 10.4 Å². The van der Waals surface area contributed by atoms with Gasteiger partial charge in [-0.15, -0.1) is 0 Å². The predicted molar refractivity (Wildman–Crippen MR) is 74.0 cm³/mol. The van der Waals surface area contributed by atoms with E-state index in [9.17, 15) is 5.11 Å². The van der Waals surface area contributed by atoms with Gasteiger partial charge in [-0.1, -0.05) is 18.6 Å². The van der Waals surface area contributed by atoms with Gasteiger partial charge in [-0.05, 0) is 65.8 Å². The number of hydrogen-bond acceptors (Lipinski definition) is 2. The summed E-state index contributed by atoms with van der Waals surface area (Å²) in [5.41, 5.74) is 0.570. The maximum absolute atomic E-state index is 10.1. The smallest absolute Gasteiger partial charge is 0.0767 e. The first-order valence-electron chi connectivity index (χ1n) is 6.76. The highest BCUT2D eigenvalue weighted by Gasteiger charge is 2.35. The highest BCUT2D eigenvalue weighted by molar-refractivity contribution is 5.06. The Bertz CT molecular complexity index is 286. The van der Waals surface area contributed by atoms with E-state index in [2.05, 4.69) is 39.1 Å². The first-order chi connectivity index (χ1) is 7.62. The van der Waals surface area contributed by atoms with Crippen molar-refractivity contribution in [1.29, 1.82) is 0 Å². The summed E-state index contributed by atoms with van der Waals surface area (Å²) in [7, 11) is 0. The second-order valence-electron chi connectivity index (χ2n) is 6.86. The van der Waals surface area contributed by atoms with Crippen LogP contribution in [0, 0.1) is 11.8 Å². The van der Waals surface area contributed by atoms with Crippen molar-refractivity contribution in [2.45, 2.75) is 65.5 Å². The molecule has 2 nitrogen and oxygen atoms in total. The minimum absolute atomic E-state index is 0.245. The topological polar surface area (TPSA) is 32.3 Å². The van der Waals surface area contributed by atoms with Gasteiger partial charge in [0.15, 0.2) is 0 Å². The predicted octanol–water partition coefficient (Wildman–Crippen LogP) is 3.12. The summed E-state index contributed by atoms with van der Waals surface area (Å²) in [6.45, 7) is 13.4. The fourth-order valence-corrected chi connectivity index (χ4v) is 2.46. The first-order valence-corrected chi connectivity index (χ1v) is 6.76. The van der Waals surface area contributed by atoms with Crippen LogP contribution in [0.15, 0.2) is 11.6 Å². The van der Waals surface area contributed by atoms with Crippen LogP contribution in [0.2, 0.25) is 0 Å². The van der Waals surface area contributed by atoms with Crippen molar-refractivity contribution in [3.8, 4) is 0 Å². The van der Waals surface area contributed by atoms with E-state index < -0.39 is 5.60 Å². The Morgan fingerprint density at radius 2 is 1.94 bits per heavy atom. The van der Waals surface area contributed by atoms with Crippen molar-refractivity contribution in [3.63, 3.8) is 0 Å².